The van der Waals surface area contributed by atoms with Gasteiger partial charge in [0.2, 0.25) is 0 Å². The SMILES string of the molecule is ClP1c2ccccc2CCc2ccccc21. The predicted molar refractivity (Wildman–Crippen MR) is 72.3 cm³/mol. The summed E-state index contributed by atoms with van der Waals surface area (Å²) >= 11 is 6.65. The molecule has 0 atom stereocenters. The van der Waals surface area contributed by atoms with Crippen LogP contribution in [-0.4, -0.2) is 0 Å². The maximum Gasteiger partial charge on any atom is 0.0529 e. The van der Waals surface area contributed by atoms with E-state index in [9.17, 15) is 0 Å². The van der Waals surface area contributed by atoms with Gasteiger partial charge in [-0.1, -0.05) is 59.8 Å². The standard InChI is InChI=1S/C14H12ClP/c15-16-13-7-3-1-5-11(13)9-10-12-6-2-4-8-14(12)16/h1-8H,9-10H2. The highest BCUT2D eigenvalue weighted by Crippen LogP contribution is 2.42. The maximum atomic E-state index is 6.65. The quantitative estimate of drug-likeness (QED) is 0.625. The van der Waals surface area contributed by atoms with Crippen LogP contribution in [0.5, 0.6) is 0 Å². The van der Waals surface area contributed by atoms with Gasteiger partial charge in [0.1, 0.15) is 0 Å². The minimum atomic E-state index is -0.678. The van der Waals surface area contributed by atoms with Gasteiger partial charge in [-0.2, -0.15) is 0 Å². The van der Waals surface area contributed by atoms with Crippen LogP contribution in [0, 0.1) is 0 Å². The van der Waals surface area contributed by atoms with E-state index in [1.54, 1.807) is 0 Å². The number of benzene rings is 2. The van der Waals surface area contributed by atoms with Gasteiger partial charge in [0.05, 0.1) is 7.27 Å². The predicted octanol–water partition coefficient (Wildman–Crippen LogP) is 3.37. The van der Waals surface area contributed by atoms with Crippen LogP contribution in [0.2, 0.25) is 0 Å². The molecule has 0 spiro atoms. The maximum absolute atomic E-state index is 6.65. The molecular weight excluding hydrogens is 235 g/mol. The molecule has 80 valence electrons. The lowest BCUT2D eigenvalue weighted by Gasteiger charge is -2.12. The molecule has 0 radical (unpaired) electrons. The zero-order valence-corrected chi connectivity index (χ0v) is 10.5. The molecule has 2 heteroatoms. The molecule has 1 aliphatic rings. The fraction of sp³-hybridized carbons (Fsp3) is 0.143. The number of fused-ring (bicyclic) bond motifs is 2. The lowest BCUT2D eigenvalue weighted by molar-refractivity contribution is 0.977. The summed E-state index contributed by atoms with van der Waals surface area (Å²) in [6, 6.07) is 17.2. The van der Waals surface area contributed by atoms with Crippen molar-refractivity contribution in [3.8, 4) is 0 Å². The highest BCUT2D eigenvalue weighted by molar-refractivity contribution is 7.95. The molecule has 0 aromatic heterocycles. The van der Waals surface area contributed by atoms with Crippen molar-refractivity contribution in [2.24, 2.45) is 0 Å². The molecule has 0 nitrogen and oxygen atoms in total. The molecule has 0 bridgehead atoms. The first-order chi connectivity index (χ1) is 7.86. The van der Waals surface area contributed by atoms with Gasteiger partial charge in [-0.05, 0) is 34.6 Å². The molecule has 0 N–H and O–H groups in total. The van der Waals surface area contributed by atoms with Gasteiger partial charge in [0, 0.05) is 0 Å². The van der Waals surface area contributed by atoms with Crippen molar-refractivity contribution in [3.63, 3.8) is 0 Å². The Hall–Kier alpha value is -0.840. The second-order valence-corrected chi connectivity index (χ2v) is 6.58. The normalized spacial score (nSPS) is 15.1. The van der Waals surface area contributed by atoms with E-state index in [1.807, 2.05) is 0 Å². The van der Waals surface area contributed by atoms with E-state index < -0.39 is 7.27 Å². The van der Waals surface area contributed by atoms with Crippen molar-refractivity contribution in [3.05, 3.63) is 59.7 Å². The van der Waals surface area contributed by atoms with Gasteiger partial charge in [-0.3, -0.25) is 0 Å². The molecule has 0 fully saturated rings. The highest BCUT2D eigenvalue weighted by Gasteiger charge is 2.20. The first kappa shape index (κ1) is 10.3. The molecule has 16 heavy (non-hydrogen) atoms. The minimum Gasteiger partial charge on any atom is -0.0858 e. The van der Waals surface area contributed by atoms with Gasteiger partial charge < -0.3 is 0 Å². The average molecular weight is 247 g/mol. The molecule has 0 unspecified atom stereocenters. The summed E-state index contributed by atoms with van der Waals surface area (Å²) in [4.78, 5) is 0. The van der Waals surface area contributed by atoms with Gasteiger partial charge in [-0.15, -0.1) is 0 Å². The number of aryl methyl sites for hydroxylation is 2. The van der Waals surface area contributed by atoms with E-state index in [0.29, 0.717) is 0 Å². The first-order valence-electron chi connectivity index (χ1n) is 5.48. The smallest absolute Gasteiger partial charge is 0.0529 e. The van der Waals surface area contributed by atoms with Gasteiger partial charge in [0.25, 0.3) is 0 Å². The zero-order valence-electron chi connectivity index (χ0n) is 8.86. The van der Waals surface area contributed by atoms with E-state index >= 15 is 0 Å². The molecule has 0 saturated heterocycles. The van der Waals surface area contributed by atoms with Crippen LogP contribution in [0.4, 0.5) is 0 Å². The van der Waals surface area contributed by atoms with E-state index in [-0.39, 0.29) is 0 Å². The molecule has 2 aromatic carbocycles. The Morgan fingerprint density at radius 2 is 1.19 bits per heavy atom. The second kappa shape index (κ2) is 4.20. The third kappa shape index (κ3) is 1.67. The topological polar surface area (TPSA) is 0 Å². The fourth-order valence-electron chi connectivity index (χ4n) is 2.23. The van der Waals surface area contributed by atoms with E-state index in [1.165, 1.54) is 21.7 Å². The summed E-state index contributed by atoms with van der Waals surface area (Å²) in [7, 11) is -0.678. The van der Waals surface area contributed by atoms with Crippen LogP contribution in [-0.2, 0) is 12.8 Å². The molecule has 0 aliphatic carbocycles. The van der Waals surface area contributed by atoms with Crippen molar-refractivity contribution in [1.29, 1.82) is 0 Å². The van der Waals surface area contributed by atoms with Gasteiger partial charge in [0.15, 0.2) is 0 Å². The second-order valence-electron chi connectivity index (χ2n) is 4.04. The van der Waals surface area contributed by atoms with Crippen LogP contribution < -0.4 is 10.6 Å². The monoisotopic (exact) mass is 246 g/mol. The van der Waals surface area contributed by atoms with Crippen molar-refractivity contribution in [2.45, 2.75) is 12.8 Å². The molecular formula is C14H12ClP. The Balaban J connectivity index is 2.18. The van der Waals surface area contributed by atoms with Crippen LogP contribution in [0.15, 0.2) is 48.5 Å². The summed E-state index contributed by atoms with van der Waals surface area (Å²) < 4.78 is 0. The molecule has 1 aliphatic heterocycles. The molecule has 0 amide bonds. The zero-order chi connectivity index (χ0) is 11.0. The van der Waals surface area contributed by atoms with E-state index in [4.69, 9.17) is 11.2 Å². The molecule has 1 heterocycles. The van der Waals surface area contributed by atoms with Crippen molar-refractivity contribution < 1.29 is 0 Å². The lowest BCUT2D eigenvalue weighted by atomic mass is 10.0. The minimum absolute atomic E-state index is 0.678. The summed E-state index contributed by atoms with van der Waals surface area (Å²) in [5.74, 6) is 0. The molecule has 0 saturated carbocycles. The first-order valence-corrected chi connectivity index (χ1v) is 7.72. The van der Waals surface area contributed by atoms with E-state index in [2.05, 4.69) is 48.5 Å². The molecule has 3 rings (SSSR count). The van der Waals surface area contributed by atoms with Crippen molar-refractivity contribution >= 4 is 29.1 Å². The van der Waals surface area contributed by atoms with Crippen LogP contribution in [0.1, 0.15) is 11.1 Å². The Kier molecular flexibility index (Phi) is 2.71. The summed E-state index contributed by atoms with van der Waals surface area (Å²) in [5.41, 5.74) is 2.83. The van der Waals surface area contributed by atoms with Crippen LogP contribution in [0.3, 0.4) is 0 Å². The number of hydrogen-bond acceptors (Lipinski definition) is 0. The van der Waals surface area contributed by atoms with Crippen LogP contribution in [0.25, 0.3) is 0 Å². The fourth-order valence-corrected chi connectivity index (χ4v) is 4.79. The number of halogens is 1. The van der Waals surface area contributed by atoms with Gasteiger partial charge in [-0.25, -0.2) is 0 Å². The summed E-state index contributed by atoms with van der Waals surface area (Å²) in [6.45, 7) is 0. The Bertz CT molecular complexity index is 474. The summed E-state index contributed by atoms with van der Waals surface area (Å²) in [5, 5.41) is 2.67. The third-order valence-corrected chi connectivity index (χ3v) is 5.88. The number of hydrogen-bond donors (Lipinski definition) is 0. The highest BCUT2D eigenvalue weighted by atomic mass is 35.7. The van der Waals surface area contributed by atoms with Crippen molar-refractivity contribution in [2.75, 3.05) is 0 Å². The van der Waals surface area contributed by atoms with E-state index in [0.717, 1.165) is 12.8 Å². The third-order valence-electron chi connectivity index (χ3n) is 3.07. The molecule has 2 aromatic rings. The lowest BCUT2D eigenvalue weighted by Crippen LogP contribution is -2.11. The van der Waals surface area contributed by atoms with Crippen LogP contribution >= 0.6 is 18.5 Å². The summed E-state index contributed by atoms with van der Waals surface area (Å²) in [6.07, 6.45) is 2.22. The largest absolute Gasteiger partial charge is 0.0858 e. The van der Waals surface area contributed by atoms with Gasteiger partial charge >= 0.3 is 0 Å². The Morgan fingerprint density at radius 3 is 1.69 bits per heavy atom. The van der Waals surface area contributed by atoms with Crippen molar-refractivity contribution in [1.82, 2.24) is 0 Å². The number of rotatable bonds is 0. The Labute approximate surface area is 102 Å². The average Bonchev–Trinajstić information content (AvgIpc) is 2.49. The Morgan fingerprint density at radius 1 is 0.750 bits per heavy atom.